The molecule has 0 fully saturated rings. The Morgan fingerprint density at radius 3 is 2.25 bits per heavy atom. The molecule has 5 nitrogen and oxygen atoms in total. The first-order valence-electron chi connectivity index (χ1n) is 9.03. The monoisotopic (exact) mass is 418 g/mol. The quantitative estimate of drug-likeness (QED) is 0.534. The van der Waals surface area contributed by atoms with Gasteiger partial charge in [-0.25, -0.2) is 4.98 Å². The molecule has 2 heterocycles. The van der Waals surface area contributed by atoms with Crippen molar-refractivity contribution in [3.63, 3.8) is 0 Å². The lowest BCUT2D eigenvalue weighted by atomic mass is 10.1. The number of nitrogens with zero attached hydrogens (tertiary/aromatic N) is 1. The number of aryl methyl sites for hydroxylation is 2. The molecule has 7 heteroatoms. The fourth-order valence-corrected chi connectivity index (χ4v) is 4.70. The normalized spacial score (nSPS) is 12.0. The van der Waals surface area contributed by atoms with Crippen molar-refractivity contribution in [2.45, 2.75) is 32.9 Å². The number of aromatic nitrogens is 1. The van der Waals surface area contributed by atoms with E-state index in [0.717, 1.165) is 22.7 Å². The van der Waals surface area contributed by atoms with E-state index in [2.05, 4.69) is 36.0 Å². The Kier molecular flexibility index (Phi) is 6.93. The molecule has 0 spiro atoms. The van der Waals surface area contributed by atoms with E-state index in [1.807, 2.05) is 12.1 Å². The van der Waals surface area contributed by atoms with Crippen LogP contribution in [0.5, 0.6) is 17.2 Å². The Morgan fingerprint density at radius 2 is 1.75 bits per heavy atom. The van der Waals surface area contributed by atoms with E-state index in [1.165, 1.54) is 10.4 Å². The Bertz CT molecular complexity index is 862. The van der Waals surface area contributed by atoms with Gasteiger partial charge in [-0.15, -0.1) is 11.3 Å². The number of benzene rings is 1. The molecular formula is C21H26N2O3S2. The second-order valence-corrected chi connectivity index (χ2v) is 8.51. The summed E-state index contributed by atoms with van der Waals surface area (Å²) >= 11 is 3.48. The zero-order chi connectivity index (χ0) is 20.1. The number of nitrogens with one attached hydrogen (secondary N) is 1. The van der Waals surface area contributed by atoms with E-state index in [4.69, 9.17) is 19.2 Å². The summed E-state index contributed by atoms with van der Waals surface area (Å²) in [6.45, 7) is 4.86. The van der Waals surface area contributed by atoms with E-state index < -0.39 is 0 Å². The molecule has 0 bridgehead atoms. The Morgan fingerprint density at radius 1 is 1.04 bits per heavy atom. The summed E-state index contributed by atoms with van der Waals surface area (Å²) in [4.78, 5) is 6.05. The fraction of sp³-hybridized carbons (Fsp3) is 0.381. The predicted octanol–water partition coefficient (Wildman–Crippen LogP) is 4.92. The predicted molar refractivity (Wildman–Crippen MR) is 115 cm³/mol. The highest BCUT2D eigenvalue weighted by Gasteiger charge is 2.19. The van der Waals surface area contributed by atoms with Crippen molar-refractivity contribution < 1.29 is 14.2 Å². The summed E-state index contributed by atoms with van der Waals surface area (Å²) in [5.41, 5.74) is 3.48. The highest BCUT2D eigenvalue weighted by Crippen LogP contribution is 2.38. The molecule has 28 heavy (non-hydrogen) atoms. The van der Waals surface area contributed by atoms with Gasteiger partial charge in [0.1, 0.15) is 5.01 Å². The number of thiazole rings is 1. The summed E-state index contributed by atoms with van der Waals surface area (Å²) in [6, 6.07) is 6.28. The summed E-state index contributed by atoms with van der Waals surface area (Å²) in [7, 11) is 4.88. The molecule has 0 saturated heterocycles. The summed E-state index contributed by atoms with van der Waals surface area (Å²) < 4.78 is 16.4. The Labute approximate surface area is 174 Å². The van der Waals surface area contributed by atoms with Gasteiger partial charge in [0, 0.05) is 11.4 Å². The zero-order valence-electron chi connectivity index (χ0n) is 16.9. The fourth-order valence-electron chi connectivity index (χ4n) is 3.02. The molecule has 1 atom stereocenters. The molecule has 1 N–H and O–H groups in total. The van der Waals surface area contributed by atoms with Crippen LogP contribution in [0.1, 0.15) is 32.7 Å². The van der Waals surface area contributed by atoms with Gasteiger partial charge >= 0.3 is 0 Å². The van der Waals surface area contributed by atoms with Crippen LogP contribution >= 0.6 is 22.7 Å². The lowest BCUT2D eigenvalue weighted by Gasteiger charge is -2.18. The van der Waals surface area contributed by atoms with Crippen LogP contribution in [0, 0.1) is 13.8 Å². The molecule has 0 aliphatic rings. The van der Waals surface area contributed by atoms with E-state index in [1.54, 1.807) is 44.0 Å². The zero-order valence-corrected chi connectivity index (χ0v) is 18.5. The first-order valence-corrected chi connectivity index (χ1v) is 10.8. The largest absolute Gasteiger partial charge is 0.493 e. The van der Waals surface area contributed by atoms with Crippen LogP contribution in [0.2, 0.25) is 0 Å². The summed E-state index contributed by atoms with van der Waals surface area (Å²) in [5.74, 6) is 1.93. The van der Waals surface area contributed by atoms with Crippen molar-refractivity contribution >= 4 is 22.7 Å². The number of hydrogen-bond donors (Lipinski definition) is 1. The van der Waals surface area contributed by atoms with Crippen LogP contribution in [-0.4, -0.2) is 26.3 Å². The second-order valence-electron chi connectivity index (χ2n) is 6.50. The van der Waals surface area contributed by atoms with Gasteiger partial charge in [-0.1, -0.05) is 0 Å². The van der Waals surface area contributed by atoms with E-state index in [-0.39, 0.29) is 6.04 Å². The number of rotatable bonds is 9. The van der Waals surface area contributed by atoms with Gasteiger partial charge in [0.05, 0.1) is 33.1 Å². The second kappa shape index (κ2) is 9.41. The molecule has 150 valence electrons. The molecule has 0 aliphatic carbocycles. The first kappa shape index (κ1) is 20.6. The highest BCUT2D eigenvalue weighted by molar-refractivity contribution is 7.11. The van der Waals surface area contributed by atoms with Crippen LogP contribution in [0.4, 0.5) is 0 Å². The third-order valence-electron chi connectivity index (χ3n) is 4.64. The molecule has 0 saturated carbocycles. The van der Waals surface area contributed by atoms with Gasteiger partial charge in [0.2, 0.25) is 5.75 Å². The van der Waals surface area contributed by atoms with Crippen LogP contribution in [-0.2, 0) is 13.0 Å². The molecule has 3 aromatic rings. The van der Waals surface area contributed by atoms with Gasteiger partial charge in [0.25, 0.3) is 0 Å². The van der Waals surface area contributed by atoms with Crippen molar-refractivity contribution in [3.05, 3.63) is 55.7 Å². The molecular weight excluding hydrogens is 392 g/mol. The maximum atomic E-state index is 5.47. The minimum atomic E-state index is 0.145. The van der Waals surface area contributed by atoms with Gasteiger partial charge in [0.15, 0.2) is 11.5 Å². The van der Waals surface area contributed by atoms with Crippen molar-refractivity contribution in [1.29, 1.82) is 0 Å². The molecule has 0 amide bonds. The van der Waals surface area contributed by atoms with Crippen LogP contribution in [0.25, 0.3) is 0 Å². The minimum absolute atomic E-state index is 0.145. The van der Waals surface area contributed by atoms with Crippen molar-refractivity contribution in [2.24, 2.45) is 0 Å². The standard InChI is InChI=1S/C21H26N2O3S2/c1-13-14(2)28-21(23-13)17(8-15-6-7-27-12-15)22-11-16-9-18(24-3)20(26-5)19(10-16)25-4/h6-7,9-10,12,17,22H,8,11H2,1-5H3/t17-/m0/s1. The van der Waals surface area contributed by atoms with Gasteiger partial charge in [-0.05, 0) is 60.4 Å². The van der Waals surface area contributed by atoms with Gasteiger partial charge in [-0.3, -0.25) is 0 Å². The van der Waals surface area contributed by atoms with E-state index in [0.29, 0.717) is 23.8 Å². The molecule has 0 radical (unpaired) electrons. The Balaban J connectivity index is 1.83. The molecule has 2 aromatic heterocycles. The smallest absolute Gasteiger partial charge is 0.203 e. The average Bonchev–Trinajstić information content (AvgIpc) is 3.33. The summed E-state index contributed by atoms with van der Waals surface area (Å²) in [6.07, 6.45) is 0.903. The highest BCUT2D eigenvalue weighted by atomic mass is 32.1. The molecule has 1 aromatic carbocycles. The Hall–Kier alpha value is -2.09. The SMILES string of the molecule is COc1cc(CN[C@@H](Cc2ccsc2)c2nc(C)c(C)s2)cc(OC)c1OC. The lowest BCUT2D eigenvalue weighted by Crippen LogP contribution is -2.23. The van der Waals surface area contributed by atoms with Crippen LogP contribution in [0.3, 0.4) is 0 Å². The number of methoxy groups -OCH3 is 3. The lowest BCUT2D eigenvalue weighted by molar-refractivity contribution is 0.323. The average molecular weight is 419 g/mol. The van der Waals surface area contributed by atoms with Crippen LogP contribution < -0.4 is 19.5 Å². The maximum Gasteiger partial charge on any atom is 0.203 e. The topological polar surface area (TPSA) is 52.6 Å². The van der Waals surface area contributed by atoms with Crippen molar-refractivity contribution in [3.8, 4) is 17.2 Å². The van der Waals surface area contributed by atoms with Crippen molar-refractivity contribution in [1.82, 2.24) is 10.3 Å². The van der Waals surface area contributed by atoms with Crippen LogP contribution in [0.15, 0.2) is 29.0 Å². The molecule has 0 aliphatic heterocycles. The van der Waals surface area contributed by atoms with E-state index in [9.17, 15) is 0 Å². The number of hydrogen-bond acceptors (Lipinski definition) is 7. The van der Waals surface area contributed by atoms with Gasteiger partial charge in [-0.2, -0.15) is 11.3 Å². The van der Waals surface area contributed by atoms with Gasteiger partial charge < -0.3 is 19.5 Å². The number of ether oxygens (including phenoxy) is 3. The van der Waals surface area contributed by atoms with Crippen molar-refractivity contribution in [2.75, 3.05) is 21.3 Å². The minimum Gasteiger partial charge on any atom is -0.493 e. The summed E-state index contributed by atoms with van der Waals surface area (Å²) in [5, 5.41) is 9.10. The molecule has 3 rings (SSSR count). The third-order valence-corrected chi connectivity index (χ3v) is 6.56. The number of thiophene rings is 1. The third kappa shape index (κ3) is 4.66. The first-order chi connectivity index (χ1) is 13.5. The molecule has 0 unspecified atom stereocenters. The maximum absolute atomic E-state index is 5.47. The van der Waals surface area contributed by atoms with E-state index >= 15 is 0 Å².